The fourth-order valence-corrected chi connectivity index (χ4v) is 1.43. The quantitative estimate of drug-likeness (QED) is 0.828. The first kappa shape index (κ1) is 12.5. The number of ether oxygens (including phenoxy) is 2. The van der Waals surface area contributed by atoms with Gasteiger partial charge in [-0.1, -0.05) is 0 Å². The molecule has 0 atom stereocenters. The Morgan fingerprint density at radius 2 is 1.83 bits per heavy atom. The van der Waals surface area contributed by atoms with E-state index in [1.165, 1.54) is 18.5 Å². The molecule has 1 aromatic heterocycles. The van der Waals surface area contributed by atoms with Crippen molar-refractivity contribution in [3.63, 3.8) is 0 Å². The lowest BCUT2D eigenvalue weighted by atomic mass is 10.2. The van der Waals surface area contributed by atoms with Crippen LogP contribution in [0.3, 0.4) is 0 Å². The zero-order chi connectivity index (χ0) is 12.8. The molecule has 0 unspecified atom stereocenters. The van der Waals surface area contributed by atoms with Gasteiger partial charge < -0.3 is 19.0 Å². The van der Waals surface area contributed by atoms with E-state index in [9.17, 15) is 4.79 Å². The predicted molar refractivity (Wildman–Crippen MR) is 62.6 cm³/mol. The molecule has 1 saturated heterocycles. The third-order valence-electron chi connectivity index (χ3n) is 2.32. The number of oxazole rings is 1. The standard InChI is InChI=1S/C8H5NO3.C4H8O2/c10-8(11)5-1-2-7-6(3-5)9-4-12-7;1-2-6-4-3-5-1/h1-4H,(H,10,11);1-4H2. The Morgan fingerprint density at radius 1 is 1.17 bits per heavy atom. The van der Waals surface area contributed by atoms with Crippen LogP contribution in [0.4, 0.5) is 0 Å². The summed E-state index contributed by atoms with van der Waals surface area (Å²) in [5.74, 6) is -0.958. The molecule has 1 aliphatic rings. The van der Waals surface area contributed by atoms with Crippen LogP contribution < -0.4 is 0 Å². The molecular weight excluding hydrogens is 238 g/mol. The minimum absolute atomic E-state index is 0.219. The summed E-state index contributed by atoms with van der Waals surface area (Å²) in [4.78, 5) is 14.3. The number of carboxylic acids is 1. The van der Waals surface area contributed by atoms with Gasteiger partial charge in [-0.25, -0.2) is 9.78 Å². The van der Waals surface area contributed by atoms with Crippen LogP contribution in [0.5, 0.6) is 0 Å². The first-order valence-corrected chi connectivity index (χ1v) is 5.49. The minimum atomic E-state index is -0.958. The Hall–Kier alpha value is -1.92. The van der Waals surface area contributed by atoms with E-state index in [4.69, 9.17) is 19.0 Å². The number of benzene rings is 1. The molecule has 96 valence electrons. The fourth-order valence-electron chi connectivity index (χ4n) is 1.43. The number of carboxylic acid groups (broad SMARTS) is 1. The molecule has 0 saturated carbocycles. The van der Waals surface area contributed by atoms with Crippen molar-refractivity contribution in [3.8, 4) is 0 Å². The van der Waals surface area contributed by atoms with Crippen molar-refractivity contribution < 1.29 is 23.8 Å². The Kier molecular flexibility index (Phi) is 4.27. The van der Waals surface area contributed by atoms with E-state index >= 15 is 0 Å². The van der Waals surface area contributed by atoms with Crippen molar-refractivity contribution in [2.75, 3.05) is 26.4 Å². The monoisotopic (exact) mass is 251 g/mol. The third kappa shape index (κ3) is 3.28. The predicted octanol–water partition coefficient (Wildman–Crippen LogP) is 1.56. The SMILES string of the molecule is C1COCCO1.O=C(O)c1ccc2ocnc2c1. The minimum Gasteiger partial charge on any atom is -0.478 e. The molecule has 6 nitrogen and oxygen atoms in total. The number of rotatable bonds is 1. The molecule has 1 aliphatic heterocycles. The van der Waals surface area contributed by atoms with E-state index in [2.05, 4.69) is 4.98 Å². The van der Waals surface area contributed by atoms with Crippen molar-refractivity contribution in [1.29, 1.82) is 0 Å². The van der Waals surface area contributed by atoms with Crippen LogP contribution in [0, 0.1) is 0 Å². The highest BCUT2D eigenvalue weighted by molar-refractivity contribution is 5.91. The number of hydrogen-bond donors (Lipinski definition) is 1. The summed E-state index contributed by atoms with van der Waals surface area (Å²) < 4.78 is 14.8. The highest BCUT2D eigenvalue weighted by Crippen LogP contribution is 2.13. The topological polar surface area (TPSA) is 81.8 Å². The Balaban J connectivity index is 0.000000169. The summed E-state index contributed by atoms with van der Waals surface area (Å²) in [6.07, 6.45) is 1.29. The summed E-state index contributed by atoms with van der Waals surface area (Å²) in [6.45, 7) is 3.11. The van der Waals surface area contributed by atoms with E-state index in [1.54, 1.807) is 6.07 Å². The summed E-state index contributed by atoms with van der Waals surface area (Å²) in [5, 5.41) is 8.62. The molecule has 18 heavy (non-hydrogen) atoms. The zero-order valence-electron chi connectivity index (χ0n) is 9.67. The van der Waals surface area contributed by atoms with E-state index < -0.39 is 5.97 Å². The average molecular weight is 251 g/mol. The van der Waals surface area contributed by atoms with Gasteiger partial charge in [0.2, 0.25) is 0 Å². The summed E-state index contributed by atoms with van der Waals surface area (Å²) in [5.41, 5.74) is 1.38. The maximum absolute atomic E-state index is 10.5. The smallest absolute Gasteiger partial charge is 0.335 e. The van der Waals surface area contributed by atoms with Gasteiger partial charge in [-0.15, -0.1) is 0 Å². The molecule has 0 aliphatic carbocycles. The summed E-state index contributed by atoms with van der Waals surface area (Å²) in [6, 6.07) is 4.54. The van der Waals surface area contributed by atoms with Crippen molar-refractivity contribution in [2.24, 2.45) is 0 Å². The first-order chi connectivity index (χ1) is 8.77. The lowest BCUT2D eigenvalue weighted by Crippen LogP contribution is -2.16. The summed E-state index contributed by atoms with van der Waals surface area (Å²) >= 11 is 0. The van der Waals surface area contributed by atoms with E-state index in [-0.39, 0.29) is 5.56 Å². The maximum Gasteiger partial charge on any atom is 0.335 e. The first-order valence-electron chi connectivity index (χ1n) is 5.49. The third-order valence-corrected chi connectivity index (χ3v) is 2.32. The Morgan fingerprint density at radius 3 is 2.39 bits per heavy atom. The largest absolute Gasteiger partial charge is 0.478 e. The van der Waals surface area contributed by atoms with E-state index in [0.717, 1.165) is 26.4 Å². The lowest BCUT2D eigenvalue weighted by molar-refractivity contribution is -0.0334. The number of aromatic nitrogens is 1. The number of carbonyl (C=O) groups is 1. The molecular formula is C12H13NO5. The molecule has 1 N–H and O–H groups in total. The number of fused-ring (bicyclic) bond motifs is 1. The highest BCUT2D eigenvalue weighted by Gasteiger charge is 2.04. The second kappa shape index (κ2) is 6.13. The zero-order valence-corrected chi connectivity index (χ0v) is 9.67. The van der Waals surface area contributed by atoms with Gasteiger partial charge in [0, 0.05) is 0 Å². The van der Waals surface area contributed by atoms with Crippen molar-refractivity contribution >= 4 is 17.1 Å². The van der Waals surface area contributed by atoms with Crippen LogP contribution in [0.25, 0.3) is 11.1 Å². The molecule has 1 fully saturated rings. The fraction of sp³-hybridized carbons (Fsp3) is 0.333. The number of hydrogen-bond acceptors (Lipinski definition) is 5. The summed E-state index contributed by atoms with van der Waals surface area (Å²) in [7, 11) is 0. The van der Waals surface area contributed by atoms with Gasteiger partial charge >= 0.3 is 5.97 Å². The van der Waals surface area contributed by atoms with Crippen LogP contribution in [-0.4, -0.2) is 42.5 Å². The van der Waals surface area contributed by atoms with Gasteiger partial charge in [-0.2, -0.15) is 0 Å². The van der Waals surface area contributed by atoms with Gasteiger partial charge in [-0.3, -0.25) is 0 Å². The normalized spacial score (nSPS) is 14.9. The van der Waals surface area contributed by atoms with Gasteiger partial charge in [0.1, 0.15) is 5.52 Å². The van der Waals surface area contributed by atoms with Gasteiger partial charge in [0.25, 0.3) is 0 Å². The number of nitrogens with zero attached hydrogens (tertiary/aromatic N) is 1. The molecule has 1 aromatic carbocycles. The number of aromatic carboxylic acids is 1. The van der Waals surface area contributed by atoms with E-state index in [1.807, 2.05) is 0 Å². The molecule has 6 heteroatoms. The molecule has 0 bridgehead atoms. The van der Waals surface area contributed by atoms with Gasteiger partial charge in [0.15, 0.2) is 12.0 Å². The van der Waals surface area contributed by atoms with Crippen molar-refractivity contribution in [2.45, 2.75) is 0 Å². The van der Waals surface area contributed by atoms with E-state index in [0.29, 0.717) is 11.1 Å². The van der Waals surface area contributed by atoms with Crippen molar-refractivity contribution in [1.82, 2.24) is 4.98 Å². The highest BCUT2D eigenvalue weighted by atomic mass is 16.6. The second-order valence-electron chi connectivity index (χ2n) is 3.56. The van der Waals surface area contributed by atoms with Crippen LogP contribution in [-0.2, 0) is 9.47 Å². The average Bonchev–Trinajstić information content (AvgIpc) is 2.88. The molecule has 2 heterocycles. The lowest BCUT2D eigenvalue weighted by Gasteiger charge is -2.09. The van der Waals surface area contributed by atoms with Gasteiger partial charge in [0.05, 0.1) is 32.0 Å². The Bertz CT molecular complexity index is 506. The molecule has 0 radical (unpaired) electrons. The Labute approximate surface area is 103 Å². The van der Waals surface area contributed by atoms with Crippen LogP contribution in [0.2, 0.25) is 0 Å². The van der Waals surface area contributed by atoms with Crippen LogP contribution >= 0.6 is 0 Å². The molecule has 3 rings (SSSR count). The van der Waals surface area contributed by atoms with Gasteiger partial charge in [-0.05, 0) is 18.2 Å². The molecule has 0 spiro atoms. The molecule has 0 amide bonds. The van der Waals surface area contributed by atoms with Crippen LogP contribution in [0.1, 0.15) is 10.4 Å². The second-order valence-corrected chi connectivity index (χ2v) is 3.56. The maximum atomic E-state index is 10.5. The van der Waals surface area contributed by atoms with Crippen molar-refractivity contribution in [3.05, 3.63) is 30.2 Å². The van der Waals surface area contributed by atoms with Crippen LogP contribution in [0.15, 0.2) is 29.0 Å². The molecule has 2 aromatic rings.